The van der Waals surface area contributed by atoms with Gasteiger partial charge in [-0.25, -0.2) is 0 Å². The minimum absolute atomic E-state index is 0.875. The average Bonchev–Trinajstić information content (AvgIpc) is 2.54. The largest absolute Gasteiger partial charge is 0.313 e. The van der Waals surface area contributed by atoms with E-state index < -0.39 is 0 Å². The Morgan fingerprint density at radius 2 is 1.83 bits per heavy atom. The van der Waals surface area contributed by atoms with E-state index in [1.54, 1.807) is 0 Å². The van der Waals surface area contributed by atoms with Crippen molar-refractivity contribution in [2.24, 2.45) is 11.8 Å². The van der Waals surface area contributed by atoms with Crippen LogP contribution in [0.1, 0.15) is 45.4 Å². The zero-order valence-electron chi connectivity index (χ0n) is 8.18. The van der Waals surface area contributed by atoms with Crippen LogP contribution in [0.2, 0.25) is 0 Å². The Hall–Kier alpha value is -0.0400. The van der Waals surface area contributed by atoms with E-state index in [9.17, 15) is 0 Å². The van der Waals surface area contributed by atoms with Crippen molar-refractivity contribution in [3.8, 4) is 0 Å². The van der Waals surface area contributed by atoms with E-state index in [0.717, 1.165) is 17.9 Å². The standard InChI is InChI=1S/C11H21N/c1-9-7-11(12-8-9)10-5-3-2-4-6-10/h9-12H,2-8H2,1H3. The molecule has 0 spiro atoms. The molecule has 1 N–H and O–H groups in total. The third-order valence-electron chi connectivity index (χ3n) is 3.60. The van der Waals surface area contributed by atoms with Gasteiger partial charge in [-0.2, -0.15) is 0 Å². The Morgan fingerprint density at radius 1 is 1.08 bits per heavy atom. The molecule has 70 valence electrons. The summed E-state index contributed by atoms with van der Waals surface area (Å²) in [5, 5.41) is 3.68. The molecular formula is C11H21N. The summed E-state index contributed by atoms with van der Waals surface area (Å²) in [4.78, 5) is 0. The molecule has 0 bridgehead atoms. The van der Waals surface area contributed by atoms with E-state index >= 15 is 0 Å². The van der Waals surface area contributed by atoms with Gasteiger partial charge in [-0.1, -0.05) is 26.2 Å². The lowest BCUT2D eigenvalue weighted by molar-refractivity contribution is 0.285. The van der Waals surface area contributed by atoms with Crippen molar-refractivity contribution in [1.29, 1.82) is 0 Å². The molecule has 0 aromatic rings. The first-order chi connectivity index (χ1) is 5.86. The molecule has 0 radical (unpaired) electrons. The molecule has 1 aliphatic carbocycles. The molecule has 2 atom stereocenters. The second-order valence-corrected chi connectivity index (χ2v) is 4.75. The molecule has 2 unspecified atom stereocenters. The van der Waals surface area contributed by atoms with Crippen molar-refractivity contribution < 1.29 is 0 Å². The van der Waals surface area contributed by atoms with E-state index in [2.05, 4.69) is 12.2 Å². The van der Waals surface area contributed by atoms with Crippen molar-refractivity contribution in [3.63, 3.8) is 0 Å². The fraction of sp³-hybridized carbons (Fsp3) is 1.00. The predicted molar refractivity (Wildman–Crippen MR) is 52.1 cm³/mol. The first kappa shape index (κ1) is 8.55. The molecule has 1 heteroatoms. The third kappa shape index (κ3) is 1.82. The number of hydrogen-bond donors (Lipinski definition) is 1. The highest BCUT2D eigenvalue weighted by Gasteiger charge is 2.28. The molecular weight excluding hydrogens is 146 g/mol. The van der Waals surface area contributed by atoms with Crippen LogP contribution in [-0.2, 0) is 0 Å². The van der Waals surface area contributed by atoms with Crippen molar-refractivity contribution in [2.45, 2.75) is 51.5 Å². The minimum atomic E-state index is 0.875. The van der Waals surface area contributed by atoms with E-state index in [0.29, 0.717) is 0 Å². The molecule has 1 saturated heterocycles. The van der Waals surface area contributed by atoms with Gasteiger partial charge in [0.2, 0.25) is 0 Å². The van der Waals surface area contributed by atoms with Gasteiger partial charge in [0.05, 0.1) is 0 Å². The van der Waals surface area contributed by atoms with Crippen LogP contribution in [-0.4, -0.2) is 12.6 Å². The Balaban J connectivity index is 1.83. The molecule has 0 aromatic heterocycles. The van der Waals surface area contributed by atoms with Gasteiger partial charge >= 0.3 is 0 Å². The highest BCUT2D eigenvalue weighted by molar-refractivity contribution is 4.86. The van der Waals surface area contributed by atoms with Crippen molar-refractivity contribution in [1.82, 2.24) is 5.32 Å². The molecule has 2 rings (SSSR count). The maximum atomic E-state index is 3.68. The summed E-state index contributed by atoms with van der Waals surface area (Å²) >= 11 is 0. The van der Waals surface area contributed by atoms with Crippen molar-refractivity contribution >= 4 is 0 Å². The lowest BCUT2D eigenvalue weighted by atomic mass is 9.82. The second kappa shape index (κ2) is 3.78. The van der Waals surface area contributed by atoms with Crippen LogP contribution >= 0.6 is 0 Å². The zero-order chi connectivity index (χ0) is 8.39. The lowest BCUT2D eigenvalue weighted by Gasteiger charge is -2.27. The first-order valence-electron chi connectivity index (χ1n) is 5.59. The van der Waals surface area contributed by atoms with Crippen LogP contribution in [0.4, 0.5) is 0 Å². The summed E-state index contributed by atoms with van der Waals surface area (Å²) in [6.45, 7) is 3.64. The molecule has 0 amide bonds. The van der Waals surface area contributed by atoms with Gasteiger partial charge in [-0.05, 0) is 37.6 Å². The summed E-state index contributed by atoms with van der Waals surface area (Å²) in [5.74, 6) is 1.95. The molecule has 0 aromatic carbocycles. The maximum Gasteiger partial charge on any atom is 0.00984 e. The second-order valence-electron chi connectivity index (χ2n) is 4.75. The first-order valence-corrected chi connectivity index (χ1v) is 5.59. The van der Waals surface area contributed by atoms with Gasteiger partial charge in [0.1, 0.15) is 0 Å². The normalized spacial score (nSPS) is 38.8. The summed E-state index contributed by atoms with van der Waals surface area (Å²) in [6, 6.07) is 0.875. The summed E-state index contributed by atoms with van der Waals surface area (Å²) < 4.78 is 0. The Bertz CT molecular complexity index is 135. The molecule has 1 heterocycles. The Labute approximate surface area is 75.9 Å². The lowest BCUT2D eigenvalue weighted by Crippen LogP contribution is -2.31. The quantitative estimate of drug-likeness (QED) is 0.633. The molecule has 1 nitrogen and oxygen atoms in total. The minimum Gasteiger partial charge on any atom is -0.313 e. The smallest absolute Gasteiger partial charge is 0.00984 e. The SMILES string of the molecule is CC1CNC(C2CCCCC2)C1. The number of rotatable bonds is 1. The molecule has 1 saturated carbocycles. The van der Waals surface area contributed by atoms with Crippen molar-refractivity contribution in [3.05, 3.63) is 0 Å². The van der Waals surface area contributed by atoms with Crippen molar-refractivity contribution in [2.75, 3.05) is 6.54 Å². The summed E-state index contributed by atoms with van der Waals surface area (Å²) in [6.07, 6.45) is 8.87. The molecule has 12 heavy (non-hydrogen) atoms. The topological polar surface area (TPSA) is 12.0 Å². The third-order valence-corrected chi connectivity index (χ3v) is 3.60. The fourth-order valence-electron chi connectivity index (χ4n) is 2.85. The molecule has 1 aliphatic heterocycles. The van der Waals surface area contributed by atoms with Gasteiger partial charge in [0, 0.05) is 6.04 Å². The Kier molecular flexibility index (Phi) is 2.69. The van der Waals surface area contributed by atoms with Gasteiger partial charge < -0.3 is 5.32 Å². The number of hydrogen-bond acceptors (Lipinski definition) is 1. The van der Waals surface area contributed by atoms with Crippen LogP contribution in [0, 0.1) is 11.8 Å². The van der Waals surface area contributed by atoms with Gasteiger partial charge in [0.15, 0.2) is 0 Å². The predicted octanol–water partition coefficient (Wildman–Crippen LogP) is 2.56. The van der Waals surface area contributed by atoms with E-state index in [1.807, 2.05) is 0 Å². The van der Waals surface area contributed by atoms with Crippen LogP contribution < -0.4 is 5.32 Å². The van der Waals surface area contributed by atoms with Crippen LogP contribution in [0.15, 0.2) is 0 Å². The highest BCUT2D eigenvalue weighted by Crippen LogP contribution is 2.31. The van der Waals surface area contributed by atoms with Gasteiger partial charge in [-0.15, -0.1) is 0 Å². The monoisotopic (exact) mass is 167 g/mol. The van der Waals surface area contributed by atoms with E-state index in [1.165, 1.54) is 45.1 Å². The molecule has 2 aliphatic rings. The number of nitrogens with one attached hydrogen (secondary N) is 1. The van der Waals surface area contributed by atoms with Crippen LogP contribution in [0.5, 0.6) is 0 Å². The fourth-order valence-corrected chi connectivity index (χ4v) is 2.85. The van der Waals surface area contributed by atoms with E-state index in [-0.39, 0.29) is 0 Å². The average molecular weight is 167 g/mol. The van der Waals surface area contributed by atoms with Crippen LogP contribution in [0.25, 0.3) is 0 Å². The highest BCUT2D eigenvalue weighted by atomic mass is 15.0. The van der Waals surface area contributed by atoms with Crippen LogP contribution in [0.3, 0.4) is 0 Å². The van der Waals surface area contributed by atoms with Gasteiger partial charge in [0.25, 0.3) is 0 Å². The summed E-state index contributed by atoms with van der Waals surface area (Å²) in [5.41, 5.74) is 0. The summed E-state index contributed by atoms with van der Waals surface area (Å²) in [7, 11) is 0. The molecule has 2 fully saturated rings. The maximum absolute atomic E-state index is 3.68. The van der Waals surface area contributed by atoms with Gasteiger partial charge in [-0.3, -0.25) is 0 Å². The Morgan fingerprint density at radius 3 is 2.42 bits per heavy atom. The van der Waals surface area contributed by atoms with E-state index in [4.69, 9.17) is 0 Å². The zero-order valence-corrected chi connectivity index (χ0v) is 8.18.